The first kappa shape index (κ1) is 14.6. The molecule has 1 aromatic heterocycles. The van der Waals surface area contributed by atoms with E-state index in [2.05, 4.69) is 6.58 Å². The highest BCUT2D eigenvalue weighted by molar-refractivity contribution is 5.68. The molecular weight excluding hydrogens is 264 g/mol. The fourth-order valence-electron chi connectivity index (χ4n) is 2.18. The van der Waals surface area contributed by atoms with Crippen LogP contribution in [0.3, 0.4) is 0 Å². The minimum absolute atomic E-state index is 0.120. The number of rotatable bonds is 4. The lowest BCUT2D eigenvalue weighted by atomic mass is 10.1. The number of benzene rings is 1. The molecule has 0 bridgehead atoms. The number of nitriles is 1. The van der Waals surface area contributed by atoms with Gasteiger partial charge in [-0.15, -0.1) is 0 Å². The summed E-state index contributed by atoms with van der Waals surface area (Å²) in [4.78, 5) is 12.4. The smallest absolute Gasteiger partial charge is 0.269 e. The van der Waals surface area contributed by atoms with Crippen LogP contribution in [-0.4, -0.2) is 11.7 Å². The second-order valence-electron chi connectivity index (χ2n) is 4.79. The minimum Gasteiger partial charge on any atom is -0.496 e. The molecule has 106 valence electrons. The number of ether oxygens (including phenoxy) is 1. The number of methoxy groups -OCH3 is 1. The Morgan fingerprint density at radius 1 is 1.33 bits per heavy atom. The lowest BCUT2D eigenvalue weighted by Gasteiger charge is -2.15. The quantitative estimate of drug-likeness (QED) is 0.809. The van der Waals surface area contributed by atoms with E-state index in [1.807, 2.05) is 37.3 Å². The molecule has 0 atom stereocenters. The van der Waals surface area contributed by atoms with Crippen molar-refractivity contribution in [2.75, 3.05) is 7.11 Å². The zero-order chi connectivity index (χ0) is 15.4. The fraction of sp³-hybridized carbons (Fsp3) is 0.176. The summed E-state index contributed by atoms with van der Waals surface area (Å²) in [6, 6.07) is 12.7. The van der Waals surface area contributed by atoms with Crippen molar-refractivity contribution in [3.05, 3.63) is 64.5 Å². The predicted molar refractivity (Wildman–Crippen MR) is 82.2 cm³/mol. The second-order valence-corrected chi connectivity index (χ2v) is 4.79. The van der Waals surface area contributed by atoms with Gasteiger partial charge in [0.2, 0.25) is 0 Å². The van der Waals surface area contributed by atoms with Gasteiger partial charge in [0.1, 0.15) is 17.4 Å². The lowest BCUT2D eigenvalue weighted by Crippen LogP contribution is -2.24. The molecule has 1 heterocycles. The molecule has 0 saturated carbocycles. The van der Waals surface area contributed by atoms with E-state index in [0.717, 1.165) is 11.1 Å². The molecule has 0 fully saturated rings. The van der Waals surface area contributed by atoms with E-state index in [1.165, 1.54) is 0 Å². The van der Waals surface area contributed by atoms with Crippen LogP contribution in [0.2, 0.25) is 0 Å². The van der Waals surface area contributed by atoms with Gasteiger partial charge >= 0.3 is 0 Å². The number of hydrogen-bond donors (Lipinski definition) is 0. The summed E-state index contributed by atoms with van der Waals surface area (Å²) in [5, 5.41) is 9.03. The fourth-order valence-corrected chi connectivity index (χ4v) is 2.18. The summed E-state index contributed by atoms with van der Waals surface area (Å²) >= 11 is 0. The summed E-state index contributed by atoms with van der Waals surface area (Å²) in [5.74, 6) is 0.678. The van der Waals surface area contributed by atoms with Crippen LogP contribution < -0.4 is 10.3 Å². The van der Waals surface area contributed by atoms with E-state index in [-0.39, 0.29) is 11.1 Å². The van der Waals surface area contributed by atoms with Crippen LogP contribution in [0.1, 0.15) is 12.5 Å². The Hall–Kier alpha value is -2.80. The predicted octanol–water partition coefficient (Wildman–Crippen LogP) is 2.97. The monoisotopic (exact) mass is 280 g/mol. The summed E-state index contributed by atoms with van der Waals surface area (Å²) in [6.45, 7) is 6.06. The van der Waals surface area contributed by atoms with E-state index in [9.17, 15) is 4.79 Å². The van der Waals surface area contributed by atoms with Crippen molar-refractivity contribution in [3.63, 3.8) is 0 Å². The van der Waals surface area contributed by atoms with Gasteiger partial charge < -0.3 is 9.30 Å². The Bertz CT molecular complexity index is 782. The Morgan fingerprint density at radius 2 is 2.05 bits per heavy atom. The van der Waals surface area contributed by atoms with Gasteiger partial charge in [0.25, 0.3) is 5.56 Å². The number of pyridine rings is 1. The maximum atomic E-state index is 12.4. The molecule has 0 aliphatic carbocycles. The van der Waals surface area contributed by atoms with Crippen LogP contribution in [0.5, 0.6) is 5.75 Å². The molecule has 0 amide bonds. The third kappa shape index (κ3) is 2.87. The van der Waals surface area contributed by atoms with E-state index in [0.29, 0.717) is 18.0 Å². The molecule has 2 aromatic rings. The first-order chi connectivity index (χ1) is 10.1. The largest absolute Gasteiger partial charge is 0.496 e. The molecule has 0 N–H and O–H groups in total. The number of aromatic nitrogens is 1. The van der Waals surface area contributed by atoms with Gasteiger partial charge in [0, 0.05) is 12.1 Å². The molecule has 4 heteroatoms. The number of hydrogen-bond acceptors (Lipinski definition) is 3. The van der Waals surface area contributed by atoms with Crippen molar-refractivity contribution >= 4 is 0 Å². The van der Waals surface area contributed by atoms with Gasteiger partial charge in [-0.1, -0.05) is 24.3 Å². The average molecular weight is 280 g/mol. The van der Waals surface area contributed by atoms with Gasteiger partial charge in [-0.05, 0) is 31.2 Å². The molecule has 0 aliphatic rings. The van der Waals surface area contributed by atoms with E-state index < -0.39 is 0 Å². The van der Waals surface area contributed by atoms with Crippen LogP contribution >= 0.6 is 0 Å². The van der Waals surface area contributed by atoms with Crippen LogP contribution in [-0.2, 0) is 6.54 Å². The van der Waals surface area contributed by atoms with Gasteiger partial charge in [0.15, 0.2) is 0 Å². The van der Waals surface area contributed by atoms with Gasteiger partial charge in [-0.2, -0.15) is 5.26 Å². The molecular formula is C17H16N2O2. The van der Waals surface area contributed by atoms with Crippen LogP contribution in [0.15, 0.2) is 53.3 Å². The molecule has 0 aliphatic heterocycles. The highest BCUT2D eigenvalue weighted by atomic mass is 16.5. The summed E-state index contributed by atoms with van der Waals surface area (Å²) in [6.07, 6.45) is 0. The summed E-state index contributed by atoms with van der Waals surface area (Å²) in [5.41, 5.74) is 2.16. The maximum Gasteiger partial charge on any atom is 0.269 e. The lowest BCUT2D eigenvalue weighted by molar-refractivity contribution is 0.416. The van der Waals surface area contributed by atoms with Gasteiger partial charge in [0.05, 0.1) is 12.8 Å². The molecule has 0 saturated heterocycles. The van der Waals surface area contributed by atoms with Gasteiger partial charge in [-0.25, -0.2) is 0 Å². The van der Waals surface area contributed by atoms with Crippen molar-refractivity contribution in [3.8, 4) is 23.1 Å². The zero-order valence-electron chi connectivity index (χ0n) is 12.1. The molecule has 0 spiro atoms. The number of allylic oxidation sites excluding steroid dienone is 1. The minimum atomic E-state index is -0.316. The Morgan fingerprint density at radius 3 is 2.67 bits per heavy atom. The van der Waals surface area contributed by atoms with E-state index >= 15 is 0 Å². The topological polar surface area (TPSA) is 55.0 Å². The van der Waals surface area contributed by atoms with Crippen LogP contribution in [0.4, 0.5) is 0 Å². The molecule has 2 rings (SSSR count). The van der Waals surface area contributed by atoms with Crippen molar-refractivity contribution in [2.24, 2.45) is 0 Å². The van der Waals surface area contributed by atoms with Crippen molar-refractivity contribution < 1.29 is 4.74 Å². The first-order valence-electron chi connectivity index (χ1n) is 6.50. The second kappa shape index (κ2) is 6.10. The Labute approximate surface area is 123 Å². The summed E-state index contributed by atoms with van der Waals surface area (Å²) in [7, 11) is 1.59. The SMILES string of the molecule is C=C(C)Cn1c(-c2ccccc2OC)ccc(C#N)c1=O. The Kier molecular flexibility index (Phi) is 4.24. The standard InChI is InChI=1S/C17H16N2O2/c1-12(2)11-19-15(9-8-13(10-18)17(19)20)14-6-4-5-7-16(14)21-3/h4-9H,1,11H2,2-3H3. The van der Waals surface area contributed by atoms with Crippen molar-refractivity contribution in [1.82, 2.24) is 4.57 Å². The van der Waals surface area contributed by atoms with E-state index in [4.69, 9.17) is 10.00 Å². The van der Waals surface area contributed by atoms with Crippen molar-refractivity contribution in [2.45, 2.75) is 13.5 Å². The van der Waals surface area contributed by atoms with Crippen molar-refractivity contribution in [1.29, 1.82) is 5.26 Å². The molecule has 1 aromatic carbocycles. The number of nitrogens with zero attached hydrogens (tertiary/aromatic N) is 2. The normalized spacial score (nSPS) is 9.95. The van der Waals surface area contributed by atoms with Crippen LogP contribution in [0.25, 0.3) is 11.3 Å². The summed E-state index contributed by atoms with van der Waals surface area (Å²) < 4.78 is 6.91. The number of para-hydroxylation sites is 1. The molecule has 21 heavy (non-hydrogen) atoms. The third-order valence-corrected chi connectivity index (χ3v) is 3.11. The van der Waals surface area contributed by atoms with Gasteiger partial charge in [-0.3, -0.25) is 4.79 Å². The molecule has 0 radical (unpaired) electrons. The molecule has 4 nitrogen and oxygen atoms in total. The highest BCUT2D eigenvalue weighted by Gasteiger charge is 2.13. The van der Waals surface area contributed by atoms with Crippen LogP contribution in [0, 0.1) is 11.3 Å². The third-order valence-electron chi connectivity index (χ3n) is 3.11. The highest BCUT2D eigenvalue weighted by Crippen LogP contribution is 2.29. The average Bonchev–Trinajstić information content (AvgIpc) is 2.49. The Balaban J connectivity index is 2.74. The zero-order valence-corrected chi connectivity index (χ0v) is 12.1. The molecule has 0 unspecified atom stereocenters. The van der Waals surface area contributed by atoms with E-state index in [1.54, 1.807) is 23.8 Å². The first-order valence-corrected chi connectivity index (χ1v) is 6.50. The maximum absolute atomic E-state index is 12.4.